The van der Waals surface area contributed by atoms with Gasteiger partial charge in [-0.1, -0.05) is 30.2 Å². The number of nitrogens with zero attached hydrogens (tertiary/aromatic N) is 7. The lowest BCUT2D eigenvalue weighted by Crippen LogP contribution is -2.33. The maximum absolute atomic E-state index is 14.1. The molecule has 0 radical (unpaired) electrons. The Morgan fingerprint density at radius 3 is 2.67 bits per heavy atom. The van der Waals surface area contributed by atoms with E-state index in [4.69, 9.17) is 10.7 Å². The lowest BCUT2D eigenvalue weighted by molar-refractivity contribution is 0.0940. The highest BCUT2D eigenvalue weighted by molar-refractivity contribution is 6.04. The first-order valence-electron chi connectivity index (χ1n) is 12.4. The second-order valence-corrected chi connectivity index (χ2v) is 9.13. The van der Waals surface area contributed by atoms with E-state index in [1.54, 1.807) is 60.7 Å². The molecule has 2 aromatic carbocycles. The van der Waals surface area contributed by atoms with Crippen LogP contribution >= 0.6 is 0 Å². The fourth-order valence-electron chi connectivity index (χ4n) is 4.53. The molecule has 0 fully saturated rings. The fraction of sp³-hybridized carbons (Fsp3) is 0.103. The number of amides is 1. The summed E-state index contributed by atoms with van der Waals surface area (Å²) in [4.78, 5) is 40.7. The molecule has 0 saturated heterocycles. The molecule has 4 aromatic heterocycles. The second kappa shape index (κ2) is 9.85. The molecule has 0 aliphatic rings. The summed E-state index contributed by atoms with van der Waals surface area (Å²) in [5, 5.41) is 7.47. The molecule has 40 heavy (non-hydrogen) atoms. The molecular weight excluding hydrogens is 506 g/mol. The number of aryl methyl sites for hydroxylation is 1. The van der Waals surface area contributed by atoms with Gasteiger partial charge in [-0.3, -0.25) is 14.2 Å². The number of anilines is 1. The molecule has 6 rings (SSSR count). The highest BCUT2D eigenvalue weighted by atomic mass is 16.2. The predicted molar refractivity (Wildman–Crippen MR) is 150 cm³/mol. The van der Waals surface area contributed by atoms with E-state index in [0.29, 0.717) is 39.3 Å². The van der Waals surface area contributed by atoms with Crippen LogP contribution in [0.15, 0.2) is 84.3 Å². The van der Waals surface area contributed by atoms with E-state index in [2.05, 4.69) is 32.2 Å². The summed E-state index contributed by atoms with van der Waals surface area (Å²) >= 11 is 0. The third-order valence-corrected chi connectivity index (χ3v) is 6.46. The van der Waals surface area contributed by atoms with Crippen LogP contribution in [0.2, 0.25) is 0 Å². The number of hydrogen-bond donors (Lipinski definition) is 2. The SMILES string of the molecule is C[C@@H](NC(=O)c1c(N)nn2cccnc12)c1nc2cccc(C#Cc3cncn3C)c2c(=O)n1-c1ccccc1. The van der Waals surface area contributed by atoms with Crippen molar-refractivity contribution >= 4 is 28.3 Å². The van der Waals surface area contributed by atoms with Gasteiger partial charge in [-0.25, -0.2) is 19.5 Å². The molecular formula is C29H23N9O2. The Bertz CT molecular complexity index is 2030. The number of fused-ring (bicyclic) bond motifs is 2. The number of nitrogens with one attached hydrogen (secondary N) is 1. The summed E-state index contributed by atoms with van der Waals surface area (Å²) in [5.74, 6) is 6.10. The minimum absolute atomic E-state index is 0.0481. The van der Waals surface area contributed by atoms with Crippen LogP contribution in [0, 0.1) is 11.8 Å². The molecule has 0 saturated carbocycles. The van der Waals surface area contributed by atoms with Gasteiger partial charge in [-0.2, -0.15) is 0 Å². The first-order chi connectivity index (χ1) is 19.4. The molecule has 1 amide bonds. The average molecular weight is 530 g/mol. The van der Waals surface area contributed by atoms with Gasteiger partial charge in [0.1, 0.15) is 17.1 Å². The van der Waals surface area contributed by atoms with Crippen LogP contribution in [0.25, 0.3) is 22.2 Å². The molecule has 0 aliphatic heterocycles. The Morgan fingerprint density at radius 2 is 1.90 bits per heavy atom. The number of nitrogen functional groups attached to an aromatic ring is 1. The van der Waals surface area contributed by atoms with Crippen molar-refractivity contribution in [1.82, 2.24) is 39.0 Å². The van der Waals surface area contributed by atoms with Gasteiger partial charge in [0.05, 0.1) is 35.2 Å². The minimum Gasteiger partial charge on any atom is -0.381 e. The number of para-hydroxylation sites is 1. The van der Waals surface area contributed by atoms with Gasteiger partial charge in [-0.05, 0) is 43.2 Å². The normalized spacial score (nSPS) is 11.8. The van der Waals surface area contributed by atoms with Crippen molar-refractivity contribution in [2.45, 2.75) is 13.0 Å². The van der Waals surface area contributed by atoms with Crippen LogP contribution in [0.1, 0.15) is 40.4 Å². The van der Waals surface area contributed by atoms with Crippen LogP contribution in [0.3, 0.4) is 0 Å². The standard InChI is InChI=1S/C29H23N9O2/c1-18(33-28(39)24-25(30)35-37-15-7-14-32-27(24)37)26-34-22-11-6-8-19(12-13-21-16-31-17-36(21)2)23(22)29(40)38(26)20-9-4-3-5-10-20/h3-11,14-18H,1-2H3,(H2,30,35)(H,33,39)/t18-/m1/s1. The Balaban J connectivity index is 1.48. The van der Waals surface area contributed by atoms with Crippen molar-refractivity contribution in [1.29, 1.82) is 0 Å². The Hall–Kier alpha value is -5.76. The summed E-state index contributed by atoms with van der Waals surface area (Å²) in [7, 11) is 1.85. The first-order valence-corrected chi connectivity index (χ1v) is 12.4. The number of aromatic nitrogens is 7. The number of benzene rings is 2. The second-order valence-electron chi connectivity index (χ2n) is 9.13. The maximum Gasteiger partial charge on any atom is 0.267 e. The highest BCUT2D eigenvalue weighted by Crippen LogP contribution is 2.22. The maximum atomic E-state index is 14.1. The van der Waals surface area contributed by atoms with Crippen LogP contribution in [0.5, 0.6) is 0 Å². The van der Waals surface area contributed by atoms with Gasteiger partial charge in [0.2, 0.25) is 0 Å². The van der Waals surface area contributed by atoms with Crippen LogP contribution in [-0.2, 0) is 7.05 Å². The van der Waals surface area contributed by atoms with Crippen molar-refractivity contribution in [3.8, 4) is 17.5 Å². The van der Waals surface area contributed by atoms with Gasteiger partial charge in [0, 0.05) is 25.0 Å². The molecule has 0 unspecified atom stereocenters. The summed E-state index contributed by atoms with van der Waals surface area (Å²) in [6.07, 6.45) is 6.54. The van der Waals surface area contributed by atoms with Crippen molar-refractivity contribution in [2.75, 3.05) is 5.73 Å². The number of carbonyl (C=O) groups excluding carboxylic acids is 1. The zero-order chi connectivity index (χ0) is 27.8. The predicted octanol–water partition coefficient (Wildman–Crippen LogP) is 2.63. The lowest BCUT2D eigenvalue weighted by Gasteiger charge is -2.20. The van der Waals surface area contributed by atoms with E-state index >= 15 is 0 Å². The monoisotopic (exact) mass is 529 g/mol. The summed E-state index contributed by atoms with van der Waals surface area (Å²) < 4.78 is 4.74. The minimum atomic E-state index is -0.688. The number of hydrogen-bond acceptors (Lipinski definition) is 7. The topological polar surface area (TPSA) is 138 Å². The largest absolute Gasteiger partial charge is 0.381 e. The van der Waals surface area contributed by atoms with Gasteiger partial charge < -0.3 is 15.6 Å². The molecule has 0 spiro atoms. The number of imidazole rings is 1. The molecule has 0 aliphatic carbocycles. The molecule has 1 atom stereocenters. The van der Waals surface area contributed by atoms with Crippen molar-refractivity contribution < 1.29 is 4.79 Å². The zero-order valence-corrected chi connectivity index (χ0v) is 21.6. The summed E-state index contributed by atoms with van der Waals surface area (Å²) in [5.41, 5.74) is 8.53. The van der Waals surface area contributed by atoms with Crippen LogP contribution in [0.4, 0.5) is 5.82 Å². The number of nitrogens with two attached hydrogens (primary N) is 1. The fourth-order valence-corrected chi connectivity index (χ4v) is 4.53. The van der Waals surface area contributed by atoms with E-state index < -0.39 is 11.9 Å². The molecule has 6 aromatic rings. The van der Waals surface area contributed by atoms with E-state index in [0.717, 1.165) is 0 Å². The number of rotatable bonds is 4. The van der Waals surface area contributed by atoms with Gasteiger partial charge in [-0.15, -0.1) is 5.10 Å². The Kier molecular flexibility index (Phi) is 6.05. The third kappa shape index (κ3) is 4.23. The smallest absolute Gasteiger partial charge is 0.267 e. The Labute approximate surface area is 227 Å². The van der Waals surface area contributed by atoms with Crippen LogP contribution in [-0.4, -0.2) is 39.6 Å². The van der Waals surface area contributed by atoms with E-state index in [1.165, 1.54) is 9.08 Å². The first kappa shape index (κ1) is 24.6. The molecule has 11 nitrogen and oxygen atoms in total. The molecule has 11 heteroatoms. The van der Waals surface area contributed by atoms with E-state index in [1.807, 2.05) is 37.4 Å². The van der Waals surface area contributed by atoms with E-state index in [9.17, 15) is 9.59 Å². The molecule has 4 heterocycles. The highest BCUT2D eigenvalue weighted by Gasteiger charge is 2.24. The summed E-state index contributed by atoms with van der Waals surface area (Å²) in [6, 6.07) is 15.5. The zero-order valence-electron chi connectivity index (χ0n) is 21.6. The molecule has 0 bridgehead atoms. The van der Waals surface area contributed by atoms with Crippen molar-refractivity contribution in [2.24, 2.45) is 7.05 Å². The van der Waals surface area contributed by atoms with Gasteiger partial charge in [0.15, 0.2) is 11.5 Å². The van der Waals surface area contributed by atoms with Gasteiger partial charge in [0.25, 0.3) is 11.5 Å². The third-order valence-electron chi connectivity index (χ3n) is 6.46. The molecule has 3 N–H and O–H groups in total. The Morgan fingerprint density at radius 1 is 1.07 bits per heavy atom. The molecule has 196 valence electrons. The number of carbonyl (C=O) groups is 1. The van der Waals surface area contributed by atoms with Crippen molar-refractivity contribution in [3.63, 3.8) is 0 Å². The van der Waals surface area contributed by atoms with Gasteiger partial charge >= 0.3 is 0 Å². The van der Waals surface area contributed by atoms with Crippen LogP contribution < -0.4 is 16.6 Å². The van der Waals surface area contributed by atoms with E-state index in [-0.39, 0.29) is 16.9 Å². The average Bonchev–Trinajstić information content (AvgIpc) is 3.53. The van der Waals surface area contributed by atoms with Crippen molar-refractivity contribution in [3.05, 3.63) is 113 Å². The quantitative estimate of drug-likeness (QED) is 0.335. The lowest BCUT2D eigenvalue weighted by atomic mass is 10.1. The summed E-state index contributed by atoms with van der Waals surface area (Å²) in [6.45, 7) is 1.76.